The van der Waals surface area contributed by atoms with E-state index in [9.17, 15) is 13.2 Å². The van der Waals surface area contributed by atoms with Gasteiger partial charge >= 0.3 is 0 Å². The van der Waals surface area contributed by atoms with E-state index in [0.29, 0.717) is 21.2 Å². The van der Waals surface area contributed by atoms with Crippen LogP contribution in [0.2, 0.25) is 5.02 Å². The summed E-state index contributed by atoms with van der Waals surface area (Å²) in [6.45, 7) is 2.07. The number of nitrogens with zero attached hydrogens (tertiary/aromatic N) is 2. The maximum absolute atomic E-state index is 12.8. The number of hydrogen-bond donors (Lipinski definition) is 2. The van der Waals surface area contributed by atoms with E-state index < -0.39 is 10.0 Å². The second kappa shape index (κ2) is 8.33. The molecule has 0 bridgehead atoms. The van der Waals surface area contributed by atoms with Gasteiger partial charge in [0.25, 0.3) is 5.91 Å². The average Bonchev–Trinajstić information content (AvgIpc) is 3.27. The average molecular weight is 475 g/mol. The summed E-state index contributed by atoms with van der Waals surface area (Å²) < 4.78 is 27.4. The molecule has 0 aliphatic heterocycles. The number of sulfonamides is 1. The molecule has 2 aromatic carbocycles. The monoisotopic (exact) mass is 474 g/mol. The molecule has 4 rings (SSSR count). The molecule has 0 aliphatic rings. The molecule has 7 nitrogen and oxygen atoms in total. The maximum atomic E-state index is 12.8. The number of amides is 1. The molecule has 2 heterocycles. The fourth-order valence-corrected chi connectivity index (χ4v) is 5.09. The summed E-state index contributed by atoms with van der Waals surface area (Å²) in [5, 5.41) is 8.88. The van der Waals surface area contributed by atoms with Crippen LogP contribution < -0.4 is 10.0 Å². The number of carbonyl (C=O) groups is 1. The van der Waals surface area contributed by atoms with Crippen LogP contribution in [0.3, 0.4) is 0 Å². The maximum Gasteiger partial charge on any atom is 0.261 e. The molecule has 1 amide bonds. The summed E-state index contributed by atoms with van der Waals surface area (Å²) in [7, 11) is -3.42. The van der Waals surface area contributed by atoms with Crippen molar-refractivity contribution in [2.75, 3.05) is 11.0 Å². The van der Waals surface area contributed by atoms with Gasteiger partial charge in [-0.3, -0.25) is 9.52 Å². The quantitative estimate of drug-likeness (QED) is 0.434. The Morgan fingerprint density at radius 3 is 2.61 bits per heavy atom. The number of nitrogens with one attached hydrogen (secondary N) is 2. The van der Waals surface area contributed by atoms with Crippen LogP contribution in [0.5, 0.6) is 0 Å². The molecule has 31 heavy (non-hydrogen) atoms. The molecule has 4 aromatic rings. The van der Waals surface area contributed by atoms with Crippen molar-refractivity contribution < 1.29 is 13.2 Å². The summed E-state index contributed by atoms with van der Waals surface area (Å²) in [5.74, 6) is -0.250. The summed E-state index contributed by atoms with van der Waals surface area (Å²) in [4.78, 5) is 14.2. The van der Waals surface area contributed by atoms with Crippen LogP contribution in [-0.2, 0) is 16.6 Å². The fourth-order valence-electron chi connectivity index (χ4n) is 3.18. The number of halogens is 1. The highest BCUT2D eigenvalue weighted by Gasteiger charge is 2.18. The number of para-hydroxylation sites is 2. The van der Waals surface area contributed by atoms with E-state index in [1.807, 2.05) is 31.2 Å². The Balaban J connectivity index is 1.59. The van der Waals surface area contributed by atoms with Crippen molar-refractivity contribution in [1.82, 2.24) is 15.1 Å². The highest BCUT2D eigenvalue weighted by atomic mass is 35.5. The predicted molar refractivity (Wildman–Crippen MR) is 125 cm³/mol. The van der Waals surface area contributed by atoms with Gasteiger partial charge in [-0.25, -0.2) is 13.1 Å². The predicted octanol–water partition coefficient (Wildman–Crippen LogP) is 4.35. The van der Waals surface area contributed by atoms with Gasteiger partial charge in [0.15, 0.2) is 0 Å². The molecular formula is C21H19ClN4O3S2. The van der Waals surface area contributed by atoms with E-state index in [4.69, 9.17) is 11.6 Å². The van der Waals surface area contributed by atoms with Crippen molar-refractivity contribution in [3.05, 3.63) is 75.8 Å². The van der Waals surface area contributed by atoms with Gasteiger partial charge in [0.05, 0.1) is 33.2 Å². The highest BCUT2D eigenvalue weighted by Crippen LogP contribution is 2.32. The van der Waals surface area contributed by atoms with Crippen LogP contribution in [0, 0.1) is 6.92 Å². The second-order valence-electron chi connectivity index (χ2n) is 6.99. The zero-order chi connectivity index (χ0) is 22.2. The first-order valence-corrected chi connectivity index (χ1v) is 12.4. The third kappa shape index (κ3) is 4.58. The van der Waals surface area contributed by atoms with E-state index >= 15 is 0 Å². The molecule has 2 N–H and O–H groups in total. The van der Waals surface area contributed by atoms with Crippen molar-refractivity contribution in [2.24, 2.45) is 0 Å². The van der Waals surface area contributed by atoms with E-state index in [-0.39, 0.29) is 12.5 Å². The summed E-state index contributed by atoms with van der Waals surface area (Å²) >= 11 is 7.66. The van der Waals surface area contributed by atoms with Crippen molar-refractivity contribution in [3.8, 4) is 5.69 Å². The minimum Gasteiger partial charge on any atom is -0.347 e. The third-order valence-electron chi connectivity index (χ3n) is 4.60. The molecule has 0 saturated carbocycles. The molecular weight excluding hydrogens is 456 g/mol. The van der Waals surface area contributed by atoms with Gasteiger partial charge in [0.1, 0.15) is 4.83 Å². The van der Waals surface area contributed by atoms with Gasteiger partial charge < -0.3 is 5.32 Å². The Morgan fingerprint density at radius 2 is 1.87 bits per heavy atom. The molecule has 10 heteroatoms. The number of rotatable bonds is 6. The smallest absolute Gasteiger partial charge is 0.261 e. The van der Waals surface area contributed by atoms with Crippen molar-refractivity contribution in [3.63, 3.8) is 0 Å². The lowest BCUT2D eigenvalue weighted by Gasteiger charge is -2.11. The Morgan fingerprint density at radius 1 is 1.16 bits per heavy atom. The number of benzene rings is 2. The van der Waals surface area contributed by atoms with Gasteiger partial charge in [-0.15, -0.1) is 11.3 Å². The van der Waals surface area contributed by atoms with E-state index in [1.54, 1.807) is 35.0 Å². The number of fused-ring (bicyclic) bond motifs is 1. The van der Waals surface area contributed by atoms with Crippen LogP contribution in [0.25, 0.3) is 15.9 Å². The minimum atomic E-state index is -3.42. The minimum absolute atomic E-state index is 0.182. The Bertz CT molecular complexity index is 1390. The SMILES string of the molecule is Cc1nn(-c2ccccc2Cl)c2sc(C(=O)NCc3ccccc3NS(C)(=O)=O)cc12. The molecule has 0 fully saturated rings. The Hall–Kier alpha value is -2.88. The molecule has 0 aliphatic carbocycles. The number of anilines is 1. The van der Waals surface area contributed by atoms with Crippen LogP contribution in [-0.4, -0.2) is 30.4 Å². The number of thiophene rings is 1. The molecule has 0 radical (unpaired) electrons. The van der Waals surface area contributed by atoms with Crippen molar-refractivity contribution in [2.45, 2.75) is 13.5 Å². The fraction of sp³-hybridized carbons (Fsp3) is 0.143. The van der Waals surface area contributed by atoms with Crippen LogP contribution in [0.15, 0.2) is 54.6 Å². The van der Waals surface area contributed by atoms with Crippen molar-refractivity contribution in [1.29, 1.82) is 0 Å². The number of aryl methyl sites for hydroxylation is 1. The zero-order valence-corrected chi connectivity index (χ0v) is 19.1. The lowest BCUT2D eigenvalue weighted by Crippen LogP contribution is -2.23. The molecule has 2 aromatic heterocycles. The first-order valence-electron chi connectivity index (χ1n) is 9.31. The lowest BCUT2D eigenvalue weighted by molar-refractivity contribution is 0.0955. The van der Waals surface area contributed by atoms with E-state index in [2.05, 4.69) is 15.1 Å². The first kappa shape index (κ1) is 21.4. The van der Waals surface area contributed by atoms with Crippen LogP contribution in [0.4, 0.5) is 5.69 Å². The normalized spacial score (nSPS) is 11.6. The highest BCUT2D eigenvalue weighted by molar-refractivity contribution is 7.92. The van der Waals surface area contributed by atoms with Gasteiger partial charge in [-0.1, -0.05) is 41.9 Å². The number of hydrogen-bond acceptors (Lipinski definition) is 5. The second-order valence-corrected chi connectivity index (χ2v) is 10.2. The summed E-state index contributed by atoms with van der Waals surface area (Å²) in [5.41, 5.74) is 2.65. The number of carbonyl (C=O) groups excluding carboxylic acids is 1. The topological polar surface area (TPSA) is 93.1 Å². The Labute approximate surface area is 188 Å². The van der Waals surface area contributed by atoms with Crippen LogP contribution in [0.1, 0.15) is 20.9 Å². The molecule has 0 unspecified atom stereocenters. The summed E-state index contributed by atoms with van der Waals surface area (Å²) in [6.07, 6.45) is 1.09. The van der Waals surface area contributed by atoms with Gasteiger partial charge in [-0.05, 0) is 36.8 Å². The van der Waals surface area contributed by atoms with Gasteiger partial charge in [0.2, 0.25) is 10.0 Å². The number of aromatic nitrogens is 2. The van der Waals surface area contributed by atoms with Gasteiger partial charge in [0, 0.05) is 11.9 Å². The van der Waals surface area contributed by atoms with Crippen molar-refractivity contribution >= 4 is 54.8 Å². The molecule has 0 spiro atoms. The Kier molecular flexibility index (Phi) is 5.74. The zero-order valence-electron chi connectivity index (χ0n) is 16.7. The van der Waals surface area contributed by atoms with Gasteiger partial charge in [-0.2, -0.15) is 5.10 Å². The first-order chi connectivity index (χ1) is 14.7. The molecule has 160 valence electrons. The summed E-state index contributed by atoms with van der Waals surface area (Å²) in [6, 6.07) is 16.1. The standard InChI is InChI=1S/C21H19ClN4O3S2/c1-13-15-11-19(30-21(15)26(24-13)18-10-6-4-8-16(18)22)20(27)23-12-14-7-3-5-9-17(14)25-31(2,28)29/h3-11,25H,12H2,1-2H3,(H,23,27). The lowest BCUT2D eigenvalue weighted by atomic mass is 10.2. The molecule has 0 saturated heterocycles. The largest absolute Gasteiger partial charge is 0.347 e. The van der Waals surface area contributed by atoms with Crippen LogP contribution >= 0.6 is 22.9 Å². The molecule has 0 atom stereocenters. The third-order valence-corrected chi connectivity index (χ3v) is 6.62. The van der Waals surface area contributed by atoms with E-state index in [0.717, 1.165) is 27.9 Å². The van der Waals surface area contributed by atoms with E-state index in [1.165, 1.54) is 11.3 Å².